The van der Waals surface area contributed by atoms with Crippen LogP contribution in [0.15, 0.2) is 47.3 Å². The molecule has 1 aromatic heterocycles. The zero-order valence-corrected chi connectivity index (χ0v) is 18.8. The summed E-state index contributed by atoms with van der Waals surface area (Å²) < 4.78 is 35.1. The first-order chi connectivity index (χ1) is 15.0. The fraction of sp³-hybridized carbons (Fsp3) is 0.360. The number of ether oxygens (including phenoxy) is 1. The van der Waals surface area contributed by atoms with Crippen molar-refractivity contribution in [1.82, 2.24) is 9.55 Å². The van der Waals surface area contributed by atoms with Gasteiger partial charge in [-0.25, -0.2) is 13.8 Å². The van der Waals surface area contributed by atoms with Crippen LogP contribution in [0.5, 0.6) is 5.75 Å². The first kappa shape index (κ1) is 24.3. The van der Waals surface area contributed by atoms with Gasteiger partial charge in [0.25, 0.3) is 5.56 Å². The molecule has 0 bridgehead atoms. The lowest BCUT2D eigenvalue weighted by Crippen LogP contribution is -2.29. The Morgan fingerprint density at radius 1 is 1.00 bits per heavy atom. The van der Waals surface area contributed by atoms with E-state index in [9.17, 15) is 13.6 Å². The predicted molar refractivity (Wildman–Crippen MR) is 121 cm³/mol. The van der Waals surface area contributed by atoms with Crippen molar-refractivity contribution in [2.45, 2.75) is 53.5 Å². The predicted octanol–water partition coefficient (Wildman–Crippen LogP) is 5.73. The number of para-hydroxylation sites is 1. The van der Waals surface area contributed by atoms with Crippen LogP contribution in [0, 0.1) is 18.6 Å². The molecule has 3 aromatic rings. The number of hydrogen-bond donors (Lipinski definition) is 0. The molecule has 1 heterocycles. The summed E-state index contributed by atoms with van der Waals surface area (Å²) in [7, 11) is 1.38. The fourth-order valence-corrected chi connectivity index (χ4v) is 3.48. The molecule has 0 amide bonds. The van der Waals surface area contributed by atoms with Gasteiger partial charge in [0.05, 0.1) is 12.7 Å². The third kappa shape index (κ3) is 5.37. The number of halogens is 2. The van der Waals surface area contributed by atoms with Gasteiger partial charge in [0, 0.05) is 17.8 Å². The normalized spacial score (nSPS) is 10.4. The molecule has 0 spiro atoms. The van der Waals surface area contributed by atoms with Gasteiger partial charge in [-0.15, -0.1) is 0 Å². The lowest BCUT2D eigenvalue weighted by Gasteiger charge is -2.18. The number of aromatic nitrogens is 2. The van der Waals surface area contributed by atoms with Crippen molar-refractivity contribution in [1.29, 1.82) is 0 Å². The van der Waals surface area contributed by atoms with E-state index in [-0.39, 0.29) is 23.7 Å². The molecule has 0 aliphatic heterocycles. The Bertz CT molecular complexity index is 1080. The molecule has 2 aromatic carbocycles. The Hall–Kier alpha value is -3.02. The molecule has 31 heavy (non-hydrogen) atoms. The minimum Gasteiger partial charge on any atom is -0.493 e. The van der Waals surface area contributed by atoms with Gasteiger partial charge in [-0.1, -0.05) is 51.5 Å². The largest absolute Gasteiger partial charge is 0.493 e. The highest BCUT2D eigenvalue weighted by atomic mass is 19.1. The van der Waals surface area contributed by atoms with Crippen molar-refractivity contribution in [2.24, 2.45) is 0 Å². The van der Waals surface area contributed by atoms with E-state index in [2.05, 4.69) is 4.98 Å². The zero-order chi connectivity index (χ0) is 23.0. The van der Waals surface area contributed by atoms with Gasteiger partial charge >= 0.3 is 0 Å². The molecule has 0 fully saturated rings. The standard InChI is InChI=1S/C23H24F2N2O2.C2H6/c1-4-8-17-15(2)26-22(18-10-7-12-20(25)21(18)29-3)27(23(17)28)14-13-16-9-5-6-11-19(16)24;1-2/h5-7,9-12H,4,8,13-14H2,1-3H3;1-2H3. The number of rotatable bonds is 7. The second-order valence-electron chi connectivity index (χ2n) is 6.87. The van der Waals surface area contributed by atoms with Crippen LogP contribution in [-0.4, -0.2) is 16.7 Å². The topological polar surface area (TPSA) is 44.1 Å². The van der Waals surface area contributed by atoms with E-state index in [1.165, 1.54) is 23.8 Å². The molecule has 3 rings (SSSR count). The summed E-state index contributed by atoms with van der Waals surface area (Å²) in [5.41, 5.74) is 1.95. The summed E-state index contributed by atoms with van der Waals surface area (Å²) in [6.45, 7) is 7.99. The first-order valence-electron chi connectivity index (χ1n) is 10.6. The maximum absolute atomic E-state index is 14.3. The second kappa shape index (κ2) is 11.4. The molecular weight excluding hydrogens is 398 g/mol. The Morgan fingerprint density at radius 2 is 1.68 bits per heavy atom. The molecule has 0 aliphatic rings. The second-order valence-corrected chi connectivity index (χ2v) is 6.87. The summed E-state index contributed by atoms with van der Waals surface area (Å²) in [6, 6.07) is 11.0. The van der Waals surface area contributed by atoms with Gasteiger partial charge in [0.15, 0.2) is 11.6 Å². The van der Waals surface area contributed by atoms with Crippen LogP contribution in [0.25, 0.3) is 11.4 Å². The average molecular weight is 429 g/mol. The molecule has 0 saturated carbocycles. The van der Waals surface area contributed by atoms with Crippen LogP contribution in [0.4, 0.5) is 8.78 Å². The first-order valence-corrected chi connectivity index (χ1v) is 10.6. The highest BCUT2D eigenvalue weighted by Gasteiger charge is 2.20. The Morgan fingerprint density at radius 3 is 2.32 bits per heavy atom. The summed E-state index contributed by atoms with van der Waals surface area (Å²) >= 11 is 0. The Balaban J connectivity index is 0.00000166. The molecule has 4 nitrogen and oxygen atoms in total. The Kier molecular flexibility index (Phi) is 8.91. The van der Waals surface area contributed by atoms with Crippen LogP contribution in [0.2, 0.25) is 0 Å². The molecule has 0 saturated heterocycles. The van der Waals surface area contributed by atoms with Gasteiger partial charge in [0.1, 0.15) is 11.6 Å². The van der Waals surface area contributed by atoms with Crippen LogP contribution in [0.3, 0.4) is 0 Å². The zero-order valence-electron chi connectivity index (χ0n) is 18.8. The van der Waals surface area contributed by atoms with Gasteiger partial charge in [-0.05, 0) is 43.5 Å². The van der Waals surface area contributed by atoms with Gasteiger partial charge in [0.2, 0.25) is 0 Å². The number of hydrogen-bond acceptors (Lipinski definition) is 3. The van der Waals surface area contributed by atoms with E-state index in [4.69, 9.17) is 4.74 Å². The van der Waals surface area contributed by atoms with E-state index in [1.54, 1.807) is 37.3 Å². The quantitative estimate of drug-likeness (QED) is 0.483. The lowest BCUT2D eigenvalue weighted by atomic mass is 10.1. The fourth-order valence-electron chi connectivity index (χ4n) is 3.48. The average Bonchev–Trinajstić information content (AvgIpc) is 2.78. The third-order valence-corrected chi connectivity index (χ3v) is 4.94. The van der Waals surface area contributed by atoms with E-state index in [0.29, 0.717) is 41.1 Å². The maximum Gasteiger partial charge on any atom is 0.257 e. The third-order valence-electron chi connectivity index (χ3n) is 4.94. The van der Waals surface area contributed by atoms with Gasteiger partial charge < -0.3 is 4.74 Å². The van der Waals surface area contributed by atoms with Crippen LogP contribution < -0.4 is 10.3 Å². The number of aryl methyl sites for hydroxylation is 2. The lowest BCUT2D eigenvalue weighted by molar-refractivity contribution is 0.387. The monoisotopic (exact) mass is 428 g/mol. The molecule has 0 atom stereocenters. The van der Waals surface area contributed by atoms with Crippen LogP contribution in [-0.2, 0) is 19.4 Å². The highest BCUT2D eigenvalue weighted by molar-refractivity contribution is 5.65. The number of methoxy groups -OCH3 is 1. The van der Waals surface area contributed by atoms with Crippen molar-refractivity contribution in [3.63, 3.8) is 0 Å². The number of benzene rings is 2. The smallest absolute Gasteiger partial charge is 0.257 e. The van der Waals surface area contributed by atoms with Crippen LogP contribution >= 0.6 is 0 Å². The minimum atomic E-state index is -0.532. The molecule has 0 unspecified atom stereocenters. The highest BCUT2D eigenvalue weighted by Crippen LogP contribution is 2.31. The van der Waals surface area contributed by atoms with Crippen molar-refractivity contribution in [2.75, 3.05) is 7.11 Å². The molecular formula is C25H30F2N2O2. The number of nitrogens with zero attached hydrogens (tertiary/aromatic N) is 2. The maximum atomic E-state index is 14.3. The van der Waals surface area contributed by atoms with Crippen LogP contribution in [0.1, 0.15) is 44.0 Å². The van der Waals surface area contributed by atoms with Gasteiger partial charge in [-0.2, -0.15) is 0 Å². The van der Waals surface area contributed by atoms with Crippen molar-refractivity contribution in [3.05, 3.63) is 81.3 Å². The molecule has 6 heteroatoms. The minimum absolute atomic E-state index is 0.0293. The van der Waals surface area contributed by atoms with E-state index < -0.39 is 5.82 Å². The van der Waals surface area contributed by atoms with Crippen molar-refractivity contribution in [3.8, 4) is 17.1 Å². The SMILES string of the molecule is CC.CCCc1c(C)nc(-c2cccc(F)c2OC)n(CCc2ccccc2F)c1=O. The van der Waals surface area contributed by atoms with Crippen molar-refractivity contribution >= 4 is 0 Å². The van der Waals surface area contributed by atoms with E-state index in [0.717, 1.165) is 6.42 Å². The van der Waals surface area contributed by atoms with E-state index in [1.807, 2.05) is 20.8 Å². The van der Waals surface area contributed by atoms with Crippen molar-refractivity contribution < 1.29 is 13.5 Å². The summed E-state index contributed by atoms with van der Waals surface area (Å²) in [4.78, 5) is 17.9. The summed E-state index contributed by atoms with van der Waals surface area (Å²) in [6.07, 6.45) is 1.71. The Labute approximate surface area is 182 Å². The summed E-state index contributed by atoms with van der Waals surface area (Å²) in [5, 5.41) is 0. The molecule has 0 N–H and O–H groups in total. The molecule has 0 aliphatic carbocycles. The van der Waals surface area contributed by atoms with Gasteiger partial charge in [-0.3, -0.25) is 9.36 Å². The molecule has 0 radical (unpaired) electrons. The summed E-state index contributed by atoms with van der Waals surface area (Å²) in [5.74, 6) is -0.504. The van der Waals surface area contributed by atoms with E-state index >= 15 is 0 Å². The molecule has 166 valence electrons.